The molecule has 1 fully saturated rings. The minimum Gasteiger partial charge on any atom is -0.346 e. The van der Waals surface area contributed by atoms with Crippen molar-refractivity contribution < 1.29 is 14.4 Å². The monoisotopic (exact) mass is 694 g/mol. The van der Waals surface area contributed by atoms with Crippen molar-refractivity contribution in [2.45, 2.75) is 28.3 Å². The van der Waals surface area contributed by atoms with Crippen molar-refractivity contribution in [3.63, 3.8) is 0 Å². The van der Waals surface area contributed by atoms with Crippen LogP contribution in [0.2, 0.25) is 15.1 Å². The number of Topliss-reactive ketones (excluding diaryl/α,β-unsaturated/α-hetero) is 2. The van der Waals surface area contributed by atoms with Crippen LogP contribution in [-0.2, 0) is 16.8 Å². The molecule has 1 saturated heterocycles. The molecule has 3 heterocycles. The maximum Gasteiger partial charge on any atom is 0.241 e. The Bertz CT molecular complexity index is 2070. The second-order valence-electron chi connectivity index (χ2n) is 11.9. The largest absolute Gasteiger partial charge is 0.346 e. The summed E-state index contributed by atoms with van der Waals surface area (Å²) in [5, 5.41) is 0.788. The van der Waals surface area contributed by atoms with Crippen molar-refractivity contribution in [2.24, 2.45) is 5.92 Å². The van der Waals surface area contributed by atoms with E-state index < -0.39 is 22.7 Å². The van der Waals surface area contributed by atoms with Crippen LogP contribution in [-0.4, -0.2) is 28.9 Å². The first kappa shape index (κ1) is 30.3. The van der Waals surface area contributed by atoms with E-state index in [-0.39, 0.29) is 24.0 Å². The zero-order valence-electron chi connectivity index (χ0n) is 24.6. The lowest BCUT2D eigenvalue weighted by atomic mass is 9.67. The molecular weight excluding hydrogens is 671 g/mol. The zero-order chi connectivity index (χ0) is 32.4. The zero-order valence-corrected chi connectivity index (χ0v) is 27.7. The summed E-state index contributed by atoms with van der Waals surface area (Å²) in [6.07, 6.45) is 0. The first-order chi connectivity index (χ1) is 22.8. The van der Waals surface area contributed by atoms with Gasteiger partial charge in [0.1, 0.15) is 11.5 Å². The van der Waals surface area contributed by atoms with Crippen molar-refractivity contribution in [2.75, 3.05) is 9.80 Å². The van der Waals surface area contributed by atoms with Gasteiger partial charge in [-0.25, -0.2) is 0 Å². The van der Waals surface area contributed by atoms with E-state index in [0.29, 0.717) is 37.4 Å². The summed E-state index contributed by atoms with van der Waals surface area (Å²) in [7, 11) is 0. The number of amides is 1. The summed E-state index contributed by atoms with van der Waals surface area (Å²) in [6.45, 7) is 0.290. The molecule has 5 aromatic carbocycles. The minimum absolute atomic E-state index is 0.243. The van der Waals surface area contributed by atoms with Crippen LogP contribution in [0.3, 0.4) is 0 Å². The standard InChI is InChI=1S/C38H25Cl3N2O3S/c39-25-14-10-23(11-15-25)34(44)32-33(35(45)24-12-16-26(40)17-13-24)43-30-8-4-5-9-31(30)47-37(43)38(32)28-20-27(41)18-19-29(28)42(36(38)46)21-22-6-2-1-3-7-22/h1-20,32-33,37H,21H2/t32-,33-,37+,38+/m0/s1. The molecule has 0 bridgehead atoms. The van der Waals surface area contributed by atoms with Crippen molar-refractivity contribution in [1.82, 2.24) is 0 Å². The molecule has 5 aromatic rings. The predicted molar refractivity (Wildman–Crippen MR) is 188 cm³/mol. The molecule has 232 valence electrons. The van der Waals surface area contributed by atoms with Crippen LogP contribution < -0.4 is 9.80 Å². The second-order valence-corrected chi connectivity index (χ2v) is 14.3. The molecule has 8 rings (SSSR count). The molecule has 0 radical (unpaired) electrons. The van der Waals surface area contributed by atoms with E-state index in [1.165, 1.54) is 11.8 Å². The Labute approximate surface area is 291 Å². The molecule has 1 spiro atoms. The van der Waals surface area contributed by atoms with E-state index in [1.807, 2.05) is 65.6 Å². The molecule has 3 aliphatic rings. The van der Waals surface area contributed by atoms with Gasteiger partial charge in [-0.2, -0.15) is 0 Å². The van der Waals surface area contributed by atoms with E-state index in [4.69, 9.17) is 34.8 Å². The van der Waals surface area contributed by atoms with Crippen molar-refractivity contribution >= 4 is 75.4 Å². The highest BCUT2D eigenvalue weighted by atomic mass is 35.5. The molecule has 5 nitrogen and oxygen atoms in total. The maximum atomic E-state index is 15.5. The van der Waals surface area contributed by atoms with Crippen LogP contribution >= 0.6 is 46.6 Å². The third-order valence-electron chi connectivity index (χ3n) is 9.42. The number of hydrogen-bond acceptors (Lipinski definition) is 5. The van der Waals surface area contributed by atoms with E-state index in [2.05, 4.69) is 0 Å². The number of halogens is 3. The molecule has 0 unspecified atom stereocenters. The number of ketones is 2. The third kappa shape index (κ3) is 4.65. The fourth-order valence-electron chi connectivity index (χ4n) is 7.44. The highest BCUT2D eigenvalue weighted by molar-refractivity contribution is 8.00. The van der Waals surface area contributed by atoms with Gasteiger partial charge in [0, 0.05) is 36.8 Å². The Hall–Kier alpha value is -4.07. The van der Waals surface area contributed by atoms with E-state index in [0.717, 1.165) is 16.1 Å². The first-order valence-corrected chi connectivity index (χ1v) is 17.1. The molecule has 9 heteroatoms. The quantitative estimate of drug-likeness (QED) is 0.166. The topological polar surface area (TPSA) is 57.7 Å². The fraction of sp³-hybridized carbons (Fsp3) is 0.132. The second kappa shape index (κ2) is 11.6. The Morgan fingerprint density at radius 1 is 0.681 bits per heavy atom. The normalized spacial score (nSPS) is 22.4. The molecule has 3 aliphatic heterocycles. The molecule has 1 amide bonds. The van der Waals surface area contributed by atoms with Gasteiger partial charge in [0.25, 0.3) is 0 Å². The predicted octanol–water partition coefficient (Wildman–Crippen LogP) is 9.13. The Morgan fingerprint density at radius 2 is 1.28 bits per heavy atom. The van der Waals surface area contributed by atoms with Gasteiger partial charge in [0.05, 0.1) is 23.5 Å². The van der Waals surface area contributed by atoms with Gasteiger partial charge in [-0.15, -0.1) is 0 Å². The summed E-state index contributed by atoms with van der Waals surface area (Å²) >= 11 is 20.7. The van der Waals surface area contributed by atoms with Crippen molar-refractivity contribution in [3.8, 4) is 0 Å². The highest BCUT2D eigenvalue weighted by Crippen LogP contribution is 2.65. The molecule has 47 heavy (non-hydrogen) atoms. The molecule has 0 aliphatic carbocycles. The highest BCUT2D eigenvalue weighted by Gasteiger charge is 2.73. The van der Waals surface area contributed by atoms with Crippen molar-refractivity contribution in [3.05, 3.63) is 159 Å². The third-order valence-corrected chi connectivity index (χ3v) is 11.6. The number of anilines is 2. The summed E-state index contributed by atoms with van der Waals surface area (Å²) in [6, 6.07) is 35.2. The van der Waals surface area contributed by atoms with Crippen molar-refractivity contribution in [1.29, 1.82) is 0 Å². The number of carbonyl (C=O) groups is 3. The van der Waals surface area contributed by atoms with E-state index >= 15 is 9.59 Å². The lowest BCUT2D eigenvalue weighted by Crippen LogP contribution is -2.52. The van der Waals surface area contributed by atoms with Gasteiger partial charge in [-0.3, -0.25) is 14.4 Å². The Kier molecular flexibility index (Phi) is 7.45. The molecule has 4 atom stereocenters. The molecule has 0 N–H and O–H groups in total. The molecular formula is C38H25Cl3N2O3S. The molecule has 0 saturated carbocycles. The first-order valence-electron chi connectivity index (χ1n) is 15.1. The van der Waals surface area contributed by atoms with E-state index in [1.54, 1.807) is 65.6 Å². The smallest absolute Gasteiger partial charge is 0.241 e. The number of nitrogens with zero attached hydrogens (tertiary/aromatic N) is 2. The number of hydrogen-bond donors (Lipinski definition) is 0. The van der Waals surface area contributed by atoms with E-state index in [9.17, 15) is 4.79 Å². The lowest BCUT2D eigenvalue weighted by molar-refractivity contribution is -0.123. The van der Waals surface area contributed by atoms with Gasteiger partial charge in [-0.05, 0) is 90.0 Å². The Morgan fingerprint density at radius 3 is 1.96 bits per heavy atom. The van der Waals surface area contributed by atoms with Crippen LogP contribution in [0, 0.1) is 5.92 Å². The SMILES string of the molecule is O=C(c1ccc(Cl)cc1)[C@@H]1[C@@H](C(=O)c2ccc(Cl)cc2)[C@]2(C(=O)N(Cc3ccccc3)c3ccc(Cl)cc32)[C@H]2Sc3ccccc3N12. The van der Waals surface area contributed by atoms with Crippen LogP contribution in [0.4, 0.5) is 11.4 Å². The fourth-order valence-corrected chi connectivity index (χ4v) is 9.47. The van der Waals surface area contributed by atoms with Crippen LogP contribution in [0.5, 0.6) is 0 Å². The number of para-hydroxylation sites is 1. The van der Waals surface area contributed by atoms with Crippen LogP contribution in [0.1, 0.15) is 31.8 Å². The van der Waals surface area contributed by atoms with Crippen LogP contribution in [0.15, 0.2) is 126 Å². The summed E-state index contributed by atoms with van der Waals surface area (Å²) < 4.78 is 0. The minimum atomic E-state index is -1.47. The van der Waals surface area contributed by atoms with Crippen LogP contribution in [0.25, 0.3) is 0 Å². The lowest BCUT2D eigenvalue weighted by Gasteiger charge is -2.34. The van der Waals surface area contributed by atoms with Gasteiger partial charge in [0.15, 0.2) is 11.6 Å². The number of thioether (sulfide) groups is 1. The Balaban J connectivity index is 1.41. The number of carbonyl (C=O) groups excluding carboxylic acids is 3. The number of benzene rings is 5. The number of fused-ring (bicyclic) bond motifs is 6. The van der Waals surface area contributed by atoms with Gasteiger partial charge < -0.3 is 9.80 Å². The average Bonchev–Trinajstić information content (AvgIpc) is 3.68. The summed E-state index contributed by atoms with van der Waals surface area (Å²) in [5.74, 6) is -1.94. The van der Waals surface area contributed by atoms with Gasteiger partial charge in [0.2, 0.25) is 5.91 Å². The number of rotatable bonds is 6. The maximum absolute atomic E-state index is 15.5. The van der Waals surface area contributed by atoms with Gasteiger partial charge in [-0.1, -0.05) is 89.0 Å². The average molecular weight is 696 g/mol. The molecule has 0 aromatic heterocycles. The van der Waals surface area contributed by atoms with Gasteiger partial charge >= 0.3 is 0 Å². The summed E-state index contributed by atoms with van der Waals surface area (Å²) in [4.78, 5) is 50.2. The summed E-state index contributed by atoms with van der Waals surface area (Å²) in [5.41, 5.74) is 2.35.